The van der Waals surface area contributed by atoms with Gasteiger partial charge in [-0.1, -0.05) is 20.8 Å². The Morgan fingerprint density at radius 1 is 0.936 bits per heavy atom. The van der Waals surface area contributed by atoms with Gasteiger partial charge in [0, 0.05) is 50.2 Å². The first kappa shape index (κ1) is 36.9. The van der Waals surface area contributed by atoms with Crippen molar-refractivity contribution in [2.75, 3.05) is 13.1 Å². The predicted molar refractivity (Wildman–Crippen MR) is 172 cm³/mol. The molecule has 47 heavy (non-hydrogen) atoms. The molecule has 0 aliphatic carbocycles. The molecule has 1 heterocycles. The van der Waals surface area contributed by atoms with Crippen molar-refractivity contribution < 1.29 is 42.9 Å². The fourth-order valence-electron chi connectivity index (χ4n) is 4.76. The molecule has 1 N–H and O–H groups in total. The number of esters is 1. The van der Waals surface area contributed by atoms with Crippen LogP contribution in [0.3, 0.4) is 0 Å². The topological polar surface area (TPSA) is 190 Å². The molecule has 0 saturated carbocycles. The molecule has 0 unspecified atom stereocenters. The first-order chi connectivity index (χ1) is 21.9. The minimum Gasteiger partial charge on any atom is -0.461 e. The number of nitro groups is 2. The number of carbonyl (C=O) groups excluding carboxylic acids is 3. The maximum absolute atomic E-state index is 13.4. The third kappa shape index (κ3) is 11.0. The molecule has 3 rings (SSSR count). The summed E-state index contributed by atoms with van der Waals surface area (Å²) in [4.78, 5) is 60.1. The van der Waals surface area contributed by atoms with Crippen LogP contribution in [0.5, 0.6) is 0 Å². The van der Waals surface area contributed by atoms with E-state index in [0.717, 1.165) is 0 Å². The van der Waals surface area contributed by atoms with Gasteiger partial charge < -0.3 is 28.9 Å². The number of hydrogen-bond donors (Lipinski definition) is 1. The SMILES string of the molecule is CC(=O)O[C@@H](CNC(=O)OCc1ccc([N+](=O)[O-])cc1)C[C@@H]1C[C@@H](O[Si](C)(C)C(C)(C)C)CN1C(=O)OCc1ccc([N+](=O)[O-])cc1. The van der Waals surface area contributed by atoms with Crippen molar-refractivity contribution in [1.29, 1.82) is 0 Å². The quantitative estimate of drug-likeness (QED) is 0.0881. The number of ether oxygens (including phenoxy) is 3. The molecule has 0 radical (unpaired) electrons. The van der Waals surface area contributed by atoms with Gasteiger partial charge in [0.1, 0.15) is 19.3 Å². The number of non-ortho nitro benzene ring substituents is 2. The normalized spacial score (nSPS) is 17.0. The van der Waals surface area contributed by atoms with E-state index in [4.69, 9.17) is 18.6 Å². The van der Waals surface area contributed by atoms with Gasteiger partial charge in [0.15, 0.2) is 8.32 Å². The second-order valence-corrected chi connectivity index (χ2v) is 17.6. The molecule has 1 aliphatic rings. The van der Waals surface area contributed by atoms with E-state index in [1.54, 1.807) is 0 Å². The lowest BCUT2D eigenvalue weighted by Gasteiger charge is -2.38. The predicted octanol–water partition coefficient (Wildman–Crippen LogP) is 5.85. The van der Waals surface area contributed by atoms with Gasteiger partial charge in [-0.3, -0.25) is 25.0 Å². The van der Waals surface area contributed by atoms with Crippen molar-refractivity contribution in [3.05, 3.63) is 79.9 Å². The first-order valence-electron chi connectivity index (χ1n) is 15.1. The number of nitrogens with zero attached hydrogens (tertiary/aromatic N) is 3. The number of nitro benzene ring substituents is 2. The zero-order valence-corrected chi connectivity index (χ0v) is 28.4. The van der Waals surface area contributed by atoms with Gasteiger partial charge in [0.05, 0.1) is 22.5 Å². The second-order valence-electron chi connectivity index (χ2n) is 12.9. The van der Waals surface area contributed by atoms with E-state index in [9.17, 15) is 34.6 Å². The van der Waals surface area contributed by atoms with Crippen LogP contribution in [0.4, 0.5) is 21.0 Å². The Balaban J connectivity index is 1.68. The molecule has 1 fully saturated rings. The number of hydrogen-bond acceptors (Lipinski definition) is 11. The number of nitrogens with one attached hydrogen (secondary N) is 1. The van der Waals surface area contributed by atoms with E-state index in [-0.39, 0.29) is 55.2 Å². The number of carbonyl (C=O) groups is 3. The second kappa shape index (κ2) is 15.8. The number of amides is 2. The molecule has 1 saturated heterocycles. The average molecular weight is 675 g/mol. The summed E-state index contributed by atoms with van der Waals surface area (Å²) in [7, 11) is -2.22. The number of likely N-dealkylation sites (tertiary alicyclic amines) is 1. The number of rotatable bonds is 13. The highest BCUT2D eigenvalue weighted by Crippen LogP contribution is 2.39. The van der Waals surface area contributed by atoms with Gasteiger partial charge in [-0.15, -0.1) is 0 Å². The summed E-state index contributed by atoms with van der Waals surface area (Å²) in [5, 5.41) is 24.3. The molecule has 15 nitrogen and oxygen atoms in total. The highest BCUT2D eigenvalue weighted by molar-refractivity contribution is 6.74. The molecular formula is C31H42N4O11Si. The molecule has 2 amide bonds. The van der Waals surface area contributed by atoms with E-state index in [1.807, 2.05) is 0 Å². The van der Waals surface area contributed by atoms with Gasteiger partial charge in [-0.2, -0.15) is 0 Å². The van der Waals surface area contributed by atoms with Crippen LogP contribution in [0.1, 0.15) is 51.7 Å². The fourth-order valence-corrected chi connectivity index (χ4v) is 6.12. The lowest BCUT2D eigenvalue weighted by molar-refractivity contribution is -0.385. The molecule has 2 aromatic carbocycles. The van der Waals surface area contributed by atoms with Crippen LogP contribution >= 0.6 is 0 Å². The summed E-state index contributed by atoms with van der Waals surface area (Å²) < 4.78 is 22.9. The Morgan fingerprint density at radius 2 is 1.45 bits per heavy atom. The molecule has 1 aliphatic heterocycles. The van der Waals surface area contributed by atoms with Crippen LogP contribution in [-0.4, -0.2) is 72.6 Å². The average Bonchev–Trinajstić information content (AvgIpc) is 3.38. The highest BCUT2D eigenvalue weighted by Gasteiger charge is 2.44. The van der Waals surface area contributed by atoms with Crippen molar-refractivity contribution in [3.63, 3.8) is 0 Å². The summed E-state index contributed by atoms with van der Waals surface area (Å²) in [6.07, 6.45) is -1.91. The van der Waals surface area contributed by atoms with Crippen LogP contribution < -0.4 is 5.32 Å². The highest BCUT2D eigenvalue weighted by atomic mass is 28.4. The van der Waals surface area contributed by atoms with Gasteiger partial charge in [0.25, 0.3) is 11.4 Å². The molecule has 0 bridgehead atoms. The molecule has 0 spiro atoms. The minimum atomic E-state index is -2.22. The van der Waals surface area contributed by atoms with E-state index in [1.165, 1.54) is 60.4 Å². The van der Waals surface area contributed by atoms with Crippen molar-refractivity contribution in [1.82, 2.24) is 10.2 Å². The third-order valence-electron chi connectivity index (χ3n) is 8.25. The van der Waals surface area contributed by atoms with E-state index >= 15 is 0 Å². The van der Waals surface area contributed by atoms with Gasteiger partial charge in [-0.25, -0.2) is 9.59 Å². The van der Waals surface area contributed by atoms with Crippen molar-refractivity contribution in [2.24, 2.45) is 0 Å². The van der Waals surface area contributed by atoms with Crippen LogP contribution in [0.25, 0.3) is 0 Å². The van der Waals surface area contributed by atoms with E-state index in [0.29, 0.717) is 17.5 Å². The molecule has 0 aromatic heterocycles. The summed E-state index contributed by atoms with van der Waals surface area (Å²) in [5.41, 5.74) is 0.952. The maximum Gasteiger partial charge on any atom is 0.410 e. The largest absolute Gasteiger partial charge is 0.461 e. The lowest BCUT2D eigenvalue weighted by Crippen LogP contribution is -2.45. The maximum atomic E-state index is 13.4. The summed E-state index contributed by atoms with van der Waals surface area (Å²) in [5.74, 6) is -0.574. The Kier molecular flexibility index (Phi) is 12.4. The van der Waals surface area contributed by atoms with Crippen LogP contribution in [0, 0.1) is 20.2 Å². The van der Waals surface area contributed by atoms with Gasteiger partial charge >= 0.3 is 18.2 Å². The van der Waals surface area contributed by atoms with Crippen LogP contribution in [0.15, 0.2) is 48.5 Å². The number of alkyl carbamates (subject to hydrolysis) is 1. The lowest BCUT2D eigenvalue weighted by atomic mass is 10.1. The molecule has 3 atom stereocenters. The Labute approximate surface area is 273 Å². The molecular weight excluding hydrogens is 632 g/mol. The zero-order valence-electron chi connectivity index (χ0n) is 27.4. The van der Waals surface area contributed by atoms with E-state index in [2.05, 4.69) is 39.2 Å². The third-order valence-corrected chi connectivity index (χ3v) is 12.8. The van der Waals surface area contributed by atoms with E-state index < -0.39 is 48.5 Å². The summed E-state index contributed by atoms with van der Waals surface area (Å²) in [6.45, 7) is 11.7. The summed E-state index contributed by atoms with van der Waals surface area (Å²) >= 11 is 0. The van der Waals surface area contributed by atoms with Gasteiger partial charge in [-0.05, 0) is 59.9 Å². The number of benzene rings is 2. The smallest absolute Gasteiger partial charge is 0.410 e. The van der Waals surface area contributed by atoms with Crippen molar-refractivity contribution in [3.8, 4) is 0 Å². The standard InChI is InChI=1S/C31H42N4O11Si/c1-21(36)45-27(17-32-29(37)43-19-22-7-11-24(12-8-22)34(39)40)15-26-16-28(46-47(5,6)31(2,3)4)18-33(26)30(38)44-20-23-9-13-25(14-10-23)35(41)42/h7-14,26-28H,15-20H2,1-6H3,(H,32,37)/t26-,27-,28-/m1/s1. The Morgan fingerprint density at radius 3 is 1.91 bits per heavy atom. The van der Waals surface area contributed by atoms with Crippen molar-refractivity contribution in [2.45, 2.75) is 90.1 Å². The minimum absolute atomic E-state index is 0.0780. The first-order valence-corrected chi connectivity index (χ1v) is 18.0. The molecule has 16 heteroatoms. The van der Waals surface area contributed by atoms with Crippen LogP contribution in [-0.2, 0) is 36.6 Å². The monoisotopic (exact) mass is 674 g/mol. The van der Waals surface area contributed by atoms with Gasteiger partial charge in [0.2, 0.25) is 0 Å². The zero-order chi connectivity index (χ0) is 34.9. The Hall–Kier alpha value is -4.57. The fraction of sp³-hybridized carbons (Fsp3) is 0.516. The van der Waals surface area contributed by atoms with Crippen LogP contribution in [0.2, 0.25) is 18.1 Å². The van der Waals surface area contributed by atoms with Crippen molar-refractivity contribution >= 4 is 37.8 Å². The molecule has 2 aromatic rings. The summed E-state index contributed by atoms with van der Waals surface area (Å²) in [6, 6.07) is 10.8. The Bertz CT molecular complexity index is 1430. The molecule has 256 valence electrons.